The monoisotopic (exact) mass is 427 g/mol. The number of fused-ring (bicyclic) bond motifs is 1. The number of rotatable bonds is 3. The number of halogens is 2. The van der Waals surface area contributed by atoms with Crippen molar-refractivity contribution < 1.29 is 8.42 Å². The van der Waals surface area contributed by atoms with Crippen LogP contribution in [-0.4, -0.2) is 12.4 Å². The molecular weight excluding hydrogens is 418 g/mol. The second-order valence-corrected chi connectivity index (χ2v) is 7.85. The largest absolute Gasteiger partial charge is 0.268 e. The Bertz CT molecular complexity index is 902. The molecule has 0 aliphatic heterocycles. The van der Waals surface area contributed by atoms with E-state index in [9.17, 15) is 8.42 Å². The third-order valence-corrected chi connectivity index (χ3v) is 6.04. The predicted octanol–water partition coefficient (Wildman–Crippen LogP) is 4.54. The molecule has 6 heteroatoms. The summed E-state index contributed by atoms with van der Waals surface area (Å²) in [4.78, 5) is 0.283. The highest BCUT2D eigenvalue weighted by Crippen LogP contribution is 2.29. The molecule has 108 valence electrons. The lowest BCUT2D eigenvalue weighted by Gasteiger charge is -2.07. The van der Waals surface area contributed by atoms with Crippen molar-refractivity contribution in [2.45, 2.75) is 10.2 Å². The van der Waals surface area contributed by atoms with Gasteiger partial charge >= 0.3 is 0 Å². The molecule has 1 heterocycles. The van der Waals surface area contributed by atoms with Crippen molar-refractivity contribution in [3.05, 3.63) is 64.8 Å². The minimum Gasteiger partial charge on any atom is -0.241 e. The van der Waals surface area contributed by atoms with Crippen molar-refractivity contribution in [3.63, 3.8) is 0 Å². The van der Waals surface area contributed by atoms with Gasteiger partial charge in [0.05, 0.1) is 10.4 Å². The first kappa shape index (κ1) is 14.8. The van der Waals surface area contributed by atoms with Crippen molar-refractivity contribution >= 4 is 52.8 Å². The molecular formula is C15H11Br2NO2S. The van der Waals surface area contributed by atoms with Crippen LogP contribution in [0, 0.1) is 0 Å². The average Bonchev–Trinajstić information content (AvgIpc) is 2.86. The summed E-state index contributed by atoms with van der Waals surface area (Å²) in [6, 6.07) is 14.0. The second kappa shape index (κ2) is 5.59. The minimum atomic E-state index is -3.59. The van der Waals surface area contributed by atoms with E-state index in [-0.39, 0.29) is 4.90 Å². The van der Waals surface area contributed by atoms with Crippen molar-refractivity contribution in [1.82, 2.24) is 3.97 Å². The van der Waals surface area contributed by atoms with Crippen LogP contribution >= 0.6 is 31.9 Å². The van der Waals surface area contributed by atoms with E-state index in [1.807, 2.05) is 18.2 Å². The number of alkyl halides is 1. The Kier molecular flexibility index (Phi) is 3.94. The number of benzene rings is 2. The lowest BCUT2D eigenvalue weighted by atomic mass is 10.2. The number of hydrogen-bond donors (Lipinski definition) is 0. The molecule has 0 saturated carbocycles. The van der Waals surface area contributed by atoms with Gasteiger partial charge in [0.15, 0.2) is 0 Å². The van der Waals surface area contributed by atoms with Gasteiger partial charge in [0.1, 0.15) is 0 Å². The maximum absolute atomic E-state index is 12.8. The predicted molar refractivity (Wildman–Crippen MR) is 91.3 cm³/mol. The molecule has 0 unspecified atom stereocenters. The quantitative estimate of drug-likeness (QED) is 0.574. The van der Waals surface area contributed by atoms with E-state index in [0.717, 1.165) is 15.4 Å². The summed E-state index contributed by atoms with van der Waals surface area (Å²) in [6.07, 6.45) is 1.67. The molecule has 0 radical (unpaired) electrons. The first-order valence-corrected chi connectivity index (χ1v) is 9.55. The summed E-state index contributed by atoms with van der Waals surface area (Å²) in [5.74, 6) is 0. The van der Waals surface area contributed by atoms with Gasteiger partial charge in [-0.3, -0.25) is 0 Å². The fourth-order valence-corrected chi connectivity index (χ4v) is 4.47. The topological polar surface area (TPSA) is 39.1 Å². The Labute approximate surface area is 139 Å². The normalized spacial score (nSPS) is 11.9. The molecule has 3 nitrogen and oxygen atoms in total. The van der Waals surface area contributed by atoms with Crippen LogP contribution in [0.25, 0.3) is 10.9 Å². The summed E-state index contributed by atoms with van der Waals surface area (Å²) >= 11 is 6.84. The molecule has 0 spiro atoms. The third-order valence-electron chi connectivity index (χ3n) is 3.26. The molecule has 0 bridgehead atoms. The van der Waals surface area contributed by atoms with Gasteiger partial charge < -0.3 is 0 Å². The third kappa shape index (κ3) is 2.56. The highest BCUT2D eigenvalue weighted by molar-refractivity contribution is 9.10. The smallest absolute Gasteiger partial charge is 0.241 e. The molecule has 0 N–H and O–H groups in total. The fraction of sp³-hybridized carbons (Fsp3) is 0.0667. The molecule has 2 aromatic carbocycles. The SMILES string of the molecule is O=S(=O)(c1ccccc1)n1cc(CBr)c2cc(Br)ccc21. The number of hydrogen-bond acceptors (Lipinski definition) is 2. The maximum atomic E-state index is 12.8. The van der Waals surface area contributed by atoms with Gasteiger partial charge in [-0.2, -0.15) is 0 Å². The van der Waals surface area contributed by atoms with Gasteiger partial charge in [-0.15, -0.1) is 0 Å². The second-order valence-electron chi connectivity index (χ2n) is 4.56. The first-order chi connectivity index (χ1) is 10.0. The van der Waals surface area contributed by atoms with Gasteiger partial charge in [0.25, 0.3) is 10.0 Å². The van der Waals surface area contributed by atoms with Crippen molar-refractivity contribution in [1.29, 1.82) is 0 Å². The van der Waals surface area contributed by atoms with Crippen LogP contribution in [0.3, 0.4) is 0 Å². The lowest BCUT2D eigenvalue weighted by Crippen LogP contribution is -2.11. The van der Waals surface area contributed by atoms with Crippen LogP contribution in [0.2, 0.25) is 0 Å². The Morgan fingerprint density at radius 2 is 1.76 bits per heavy atom. The highest BCUT2D eigenvalue weighted by Gasteiger charge is 2.20. The summed E-state index contributed by atoms with van der Waals surface area (Å²) in [5.41, 5.74) is 1.61. The molecule has 21 heavy (non-hydrogen) atoms. The zero-order valence-electron chi connectivity index (χ0n) is 10.8. The minimum absolute atomic E-state index is 0.283. The van der Waals surface area contributed by atoms with E-state index in [1.165, 1.54) is 3.97 Å². The summed E-state index contributed by atoms with van der Waals surface area (Å²) in [7, 11) is -3.59. The molecule has 3 rings (SSSR count). The van der Waals surface area contributed by atoms with Crippen LogP contribution in [0.15, 0.2) is 64.1 Å². The average molecular weight is 429 g/mol. The first-order valence-electron chi connectivity index (χ1n) is 6.20. The van der Waals surface area contributed by atoms with Gasteiger partial charge in [0.2, 0.25) is 0 Å². The molecule has 0 atom stereocenters. The van der Waals surface area contributed by atoms with Gasteiger partial charge in [0, 0.05) is 21.4 Å². The van der Waals surface area contributed by atoms with Crippen LogP contribution in [0.4, 0.5) is 0 Å². The Hall–Kier alpha value is -1.11. The Morgan fingerprint density at radius 3 is 2.43 bits per heavy atom. The summed E-state index contributed by atoms with van der Waals surface area (Å²) in [6.45, 7) is 0. The van der Waals surface area contributed by atoms with E-state index < -0.39 is 10.0 Å². The van der Waals surface area contributed by atoms with Crippen molar-refractivity contribution in [2.24, 2.45) is 0 Å². The Balaban J connectivity index is 2.31. The molecule has 0 fully saturated rings. The molecule has 0 saturated heterocycles. The zero-order valence-corrected chi connectivity index (χ0v) is 14.8. The van der Waals surface area contributed by atoms with Gasteiger partial charge in [-0.05, 0) is 35.9 Å². The molecule has 1 aromatic heterocycles. The standard InChI is InChI=1S/C15H11Br2NO2S/c16-9-11-10-18(15-7-6-12(17)8-14(11)15)21(19,20)13-4-2-1-3-5-13/h1-8,10H,9H2. The number of nitrogens with zero attached hydrogens (tertiary/aromatic N) is 1. The van der Waals surface area contributed by atoms with Crippen molar-refractivity contribution in [3.8, 4) is 0 Å². The zero-order chi connectivity index (χ0) is 15.0. The molecule has 3 aromatic rings. The summed E-state index contributed by atoms with van der Waals surface area (Å²) < 4.78 is 27.9. The molecule has 0 aliphatic carbocycles. The fourth-order valence-electron chi connectivity index (χ4n) is 2.25. The van der Waals surface area contributed by atoms with E-state index in [0.29, 0.717) is 10.8 Å². The summed E-state index contributed by atoms with van der Waals surface area (Å²) in [5, 5.41) is 1.51. The lowest BCUT2D eigenvalue weighted by molar-refractivity contribution is 0.589. The van der Waals surface area contributed by atoms with Crippen LogP contribution in [0.5, 0.6) is 0 Å². The van der Waals surface area contributed by atoms with Gasteiger partial charge in [-0.1, -0.05) is 50.1 Å². The van der Waals surface area contributed by atoms with Crippen LogP contribution in [0.1, 0.15) is 5.56 Å². The molecule has 0 aliphatic rings. The van der Waals surface area contributed by atoms with Crippen LogP contribution in [-0.2, 0) is 15.4 Å². The maximum Gasteiger partial charge on any atom is 0.268 e. The van der Waals surface area contributed by atoms with Gasteiger partial charge in [-0.25, -0.2) is 12.4 Å². The van der Waals surface area contributed by atoms with E-state index >= 15 is 0 Å². The molecule has 0 amide bonds. The van der Waals surface area contributed by atoms with E-state index in [1.54, 1.807) is 36.5 Å². The Morgan fingerprint density at radius 1 is 1.05 bits per heavy atom. The highest BCUT2D eigenvalue weighted by atomic mass is 79.9. The van der Waals surface area contributed by atoms with E-state index in [4.69, 9.17) is 0 Å². The van der Waals surface area contributed by atoms with Crippen LogP contribution < -0.4 is 0 Å². The van der Waals surface area contributed by atoms with E-state index in [2.05, 4.69) is 31.9 Å². The van der Waals surface area contributed by atoms with Crippen molar-refractivity contribution in [2.75, 3.05) is 0 Å². The number of aromatic nitrogens is 1.